The fraction of sp³-hybridized carbons (Fsp3) is 0.222. The van der Waals surface area contributed by atoms with Crippen LogP contribution in [0.3, 0.4) is 0 Å². The van der Waals surface area contributed by atoms with Gasteiger partial charge < -0.3 is 14.7 Å². The largest absolute Gasteiger partial charge is 0.468 e. The summed E-state index contributed by atoms with van der Waals surface area (Å²) in [5.41, 5.74) is 0. The molecule has 2 aromatic rings. The number of aromatic nitrogens is 2. The Morgan fingerprint density at radius 3 is 2.80 bits per heavy atom. The molecule has 84 valence electrons. The van der Waals surface area contributed by atoms with Gasteiger partial charge in [0.25, 0.3) is 0 Å². The van der Waals surface area contributed by atoms with Crippen molar-refractivity contribution in [3.8, 4) is 0 Å². The highest BCUT2D eigenvalue weighted by Gasteiger charge is 1.96. The maximum absolute atomic E-state index is 5.16. The van der Waals surface area contributed by atoms with Crippen LogP contribution in [0.15, 0.2) is 35.2 Å². The highest BCUT2D eigenvalue weighted by molar-refractivity contribution is 5.85. The number of rotatable bonds is 4. The summed E-state index contributed by atoms with van der Waals surface area (Å²) in [6.07, 6.45) is 5.22. The Morgan fingerprint density at radius 2 is 2.20 bits per heavy atom. The fourth-order valence-electron chi connectivity index (χ4n) is 1.11. The average molecular weight is 250 g/mol. The Kier molecular flexibility index (Phi) is 6.86. The van der Waals surface area contributed by atoms with Crippen LogP contribution in [0.2, 0.25) is 0 Å². The lowest BCUT2D eigenvalue weighted by Gasteiger charge is -1.98. The number of aromatic amines is 1. The Bertz CT molecular complexity index is 300. The molecule has 0 aliphatic carbocycles. The molecule has 15 heavy (non-hydrogen) atoms. The quantitative estimate of drug-likeness (QED) is 0.874. The topological polar surface area (TPSA) is 53.9 Å². The second kappa shape index (κ2) is 7.34. The maximum atomic E-state index is 5.16. The summed E-state index contributed by atoms with van der Waals surface area (Å²) >= 11 is 0. The predicted octanol–water partition coefficient (Wildman–Crippen LogP) is 2.14. The van der Waals surface area contributed by atoms with E-state index >= 15 is 0 Å². The molecule has 0 aromatic carbocycles. The second-order valence-corrected chi connectivity index (χ2v) is 2.72. The Balaban J connectivity index is 0.000000980. The summed E-state index contributed by atoms with van der Waals surface area (Å²) in [7, 11) is 0. The molecule has 0 aliphatic heterocycles. The molecule has 0 radical (unpaired) electrons. The van der Waals surface area contributed by atoms with Crippen LogP contribution in [0, 0.1) is 0 Å². The molecule has 0 amide bonds. The summed E-state index contributed by atoms with van der Waals surface area (Å²) in [6, 6.07) is 3.82. The third-order valence-corrected chi connectivity index (χ3v) is 1.73. The van der Waals surface area contributed by atoms with Gasteiger partial charge in [0.05, 0.1) is 19.4 Å². The molecule has 2 rings (SSSR count). The van der Waals surface area contributed by atoms with Crippen molar-refractivity contribution in [3.63, 3.8) is 0 Å². The number of H-pyrrole nitrogens is 1. The highest BCUT2D eigenvalue weighted by atomic mass is 35.5. The van der Waals surface area contributed by atoms with Gasteiger partial charge in [-0.15, -0.1) is 24.8 Å². The summed E-state index contributed by atoms with van der Waals surface area (Å²) < 4.78 is 5.16. The molecule has 0 saturated carbocycles. The van der Waals surface area contributed by atoms with E-state index in [9.17, 15) is 0 Å². The zero-order chi connectivity index (χ0) is 8.93. The van der Waals surface area contributed by atoms with E-state index in [1.165, 1.54) is 0 Å². The van der Waals surface area contributed by atoms with Crippen LogP contribution < -0.4 is 5.32 Å². The zero-order valence-corrected chi connectivity index (χ0v) is 9.61. The third-order valence-electron chi connectivity index (χ3n) is 1.73. The summed E-state index contributed by atoms with van der Waals surface area (Å²) in [5.74, 6) is 1.87. The summed E-state index contributed by atoms with van der Waals surface area (Å²) in [4.78, 5) is 7.10. The van der Waals surface area contributed by atoms with Gasteiger partial charge in [0.15, 0.2) is 0 Å². The number of furan rings is 1. The van der Waals surface area contributed by atoms with E-state index in [1.807, 2.05) is 18.3 Å². The molecule has 0 fully saturated rings. The van der Waals surface area contributed by atoms with E-state index in [1.54, 1.807) is 12.5 Å². The van der Waals surface area contributed by atoms with Crippen molar-refractivity contribution in [2.24, 2.45) is 0 Å². The van der Waals surface area contributed by atoms with Gasteiger partial charge in [0, 0.05) is 12.4 Å². The lowest BCUT2D eigenvalue weighted by Crippen LogP contribution is -2.12. The molecule has 0 aliphatic rings. The van der Waals surface area contributed by atoms with E-state index in [-0.39, 0.29) is 24.8 Å². The van der Waals surface area contributed by atoms with Crippen molar-refractivity contribution in [1.29, 1.82) is 0 Å². The lowest BCUT2D eigenvalue weighted by molar-refractivity contribution is 0.481. The van der Waals surface area contributed by atoms with Crippen molar-refractivity contribution in [2.75, 3.05) is 0 Å². The predicted molar refractivity (Wildman–Crippen MR) is 62.3 cm³/mol. The first kappa shape index (κ1) is 14.0. The summed E-state index contributed by atoms with van der Waals surface area (Å²) in [6.45, 7) is 1.46. The minimum absolute atomic E-state index is 0. The molecular weight excluding hydrogens is 237 g/mol. The van der Waals surface area contributed by atoms with E-state index in [0.29, 0.717) is 0 Å². The first-order valence-corrected chi connectivity index (χ1v) is 4.16. The molecule has 2 heterocycles. The molecule has 4 nitrogen and oxygen atoms in total. The minimum atomic E-state index is 0. The van der Waals surface area contributed by atoms with E-state index in [2.05, 4.69) is 15.3 Å². The number of nitrogens with one attached hydrogen (secondary N) is 2. The smallest absolute Gasteiger partial charge is 0.120 e. The fourth-order valence-corrected chi connectivity index (χ4v) is 1.11. The monoisotopic (exact) mass is 249 g/mol. The molecule has 2 N–H and O–H groups in total. The molecule has 0 saturated heterocycles. The minimum Gasteiger partial charge on any atom is -0.468 e. The molecular formula is C9H13Cl2N3O. The van der Waals surface area contributed by atoms with Gasteiger partial charge >= 0.3 is 0 Å². The van der Waals surface area contributed by atoms with Gasteiger partial charge in [-0.25, -0.2) is 4.98 Å². The zero-order valence-electron chi connectivity index (χ0n) is 7.97. The van der Waals surface area contributed by atoms with E-state index in [4.69, 9.17) is 4.42 Å². The van der Waals surface area contributed by atoms with Crippen LogP contribution in [0.1, 0.15) is 11.6 Å². The van der Waals surface area contributed by atoms with Crippen molar-refractivity contribution in [3.05, 3.63) is 42.4 Å². The molecule has 0 unspecified atom stereocenters. The number of halogens is 2. The van der Waals surface area contributed by atoms with Gasteiger partial charge in [-0.05, 0) is 12.1 Å². The van der Waals surface area contributed by atoms with Gasteiger partial charge in [-0.2, -0.15) is 0 Å². The maximum Gasteiger partial charge on any atom is 0.120 e. The van der Waals surface area contributed by atoms with Crippen molar-refractivity contribution < 1.29 is 4.42 Å². The van der Waals surface area contributed by atoms with Crippen LogP contribution in [0.5, 0.6) is 0 Å². The van der Waals surface area contributed by atoms with Crippen LogP contribution in [-0.2, 0) is 13.1 Å². The number of imidazole rings is 1. The van der Waals surface area contributed by atoms with Crippen molar-refractivity contribution in [1.82, 2.24) is 15.3 Å². The Morgan fingerprint density at radius 1 is 1.33 bits per heavy atom. The number of hydrogen-bond donors (Lipinski definition) is 2. The number of nitrogens with zero attached hydrogens (tertiary/aromatic N) is 1. The van der Waals surface area contributed by atoms with Crippen LogP contribution >= 0.6 is 24.8 Å². The van der Waals surface area contributed by atoms with Crippen LogP contribution in [0.25, 0.3) is 0 Å². The third kappa shape index (κ3) is 4.38. The first-order valence-electron chi connectivity index (χ1n) is 4.16. The lowest BCUT2D eigenvalue weighted by atomic mass is 10.4. The highest BCUT2D eigenvalue weighted by Crippen LogP contribution is 1.98. The van der Waals surface area contributed by atoms with Gasteiger partial charge in [0.1, 0.15) is 11.6 Å². The van der Waals surface area contributed by atoms with Gasteiger partial charge in [-0.3, -0.25) is 0 Å². The normalized spacial score (nSPS) is 9.07. The Hall–Kier alpha value is -0.970. The van der Waals surface area contributed by atoms with Gasteiger partial charge in [-0.1, -0.05) is 0 Å². The Labute approximate surface area is 100 Å². The molecule has 2 aromatic heterocycles. The average Bonchev–Trinajstić information content (AvgIpc) is 2.75. The SMILES string of the molecule is Cl.Cl.c1coc(CNCc2ncc[nH]2)c1. The molecule has 0 atom stereocenters. The van der Waals surface area contributed by atoms with Gasteiger partial charge in [0.2, 0.25) is 0 Å². The van der Waals surface area contributed by atoms with Crippen molar-refractivity contribution >= 4 is 24.8 Å². The standard InChI is InChI=1S/C9H11N3O.2ClH/c1-2-8(13-5-1)6-10-7-9-11-3-4-12-9;;/h1-5,10H,6-7H2,(H,11,12);2*1H. The van der Waals surface area contributed by atoms with Crippen LogP contribution in [-0.4, -0.2) is 9.97 Å². The van der Waals surface area contributed by atoms with E-state index in [0.717, 1.165) is 24.7 Å². The first-order chi connectivity index (χ1) is 6.45. The molecule has 0 bridgehead atoms. The second-order valence-electron chi connectivity index (χ2n) is 2.72. The molecule has 0 spiro atoms. The van der Waals surface area contributed by atoms with Crippen molar-refractivity contribution in [2.45, 2.75) is 13.1 Å². The summed E-state index contributed by atoms with van der Waals surface area (Å²) in [5, 5.41) is 3.20. The van der Waals surface area contributed by atoms with E-state index < -0.39 is 0 Å². The van der Waals surface area contributed by atoms with Crippen LogP contribution in [0.4, 0.5) is 0 Å². The number of hydrogen-bond acceptors (Lipinski definition) is 3. The molecule has 6 heteroatoms.